The molecular weight excluding hydrogens is 367 g/mol. The van der Waals surface area contributed by atoms with Crippen LogP contribution in [0.3, 0.4) is 0 Å². The van der Waals surface area contributed by atoms with Crippen LogP contribution in [-0.2, 0) is 11.3 Å². The molecule has 4 heteroatoms. The number of carbonyl (C=O) groups excluding carboxylic acids is 1. The molecule has 3 nitrogen and oxygen atoms in total. The van der Waals surface area contributed by atoms with E-state index in [2.05, 4.69) is 22.6 Å². The molecule has 0 amide bonds. The number of benzene rings is 2. The van der Waals surface area contributed by atoms with E-state index in [0.717, 1.165) is 9.13 Å². The first-order chi connectivity index (χ1) is 9.69. The Morgan fingerprint density at radius 2 is 1.90 bits per heavy atom. The summed E-state index contributed by atoms with van der Waals surface area (Å²) in [6.45, 7) is 0.569. The first-order valence-corrected chi connectivity index (χ1v) is 7.26. The number of carbonyl (C=O) groups is 1. The number of halogens is 1. The van der Waals surface area contributed by atoms with E-state index >= 15 is 0 Å². The molecule has 0 unspecified atom stereocenters. The van der Waals surface area contributed by atoms with Crippen molar-refractivity contribution in [3.05, 3.63) is 63.2 Å². The molecule has 0 N–H and O–H groups in total. The highest BCUT2D eigenvalue weighted by Crippen LogP contribution is 2.15. The van der Waals surface area contributed by atoms with Crippen LogP contribution < -0.4 is 4.74 Å². The average molecular weight is 382 g/mol. The van der Waals surface area contributed by atoms with Crippen LogP contribution in [0.15, 0.2) is 48.5 Å². The lowest BCUT2D eigenvalue weighted by Crippen LogP contribution is -2.11. The molecule has 0 spiro atoms. The lowest BCUT2D eigenvalue weighted by atomic mass is 10.1. The van der Waals surface area contributed by atoms with E-state index in [-0.39, 0.29) is 12.4 Å². The zero-order valence-corrected chi connectivity index (χ0v) is 13.3. The molecule has 2 rings (SSSR count). The van der Waals surface area contributed by atoms with Crippen molar-refractivity contribution in [2.45, 2.75) is 6.61 Å². The van der Waals surface area contributed by atoms with Crippen molar-refractivity contribution < 1.29 is 14.3 Å². The largest absolute Gasteiger partial charge is 0.485 e. The van der Waals surface area contributed by atoms with E-state index in [9.17, 15) is 4.79 Å². The van der Waals surface area contributed by atoms with Crippen molar-refractivity contribution in [3.8, 4) is 5.75 Å². The Morgan fingerprint density at radius 1 is 1.15 bits per heavy atom. The minimum absolute atomic E-state index is 0.0291. The number of methoxy groups -OCH3 is 1. The number of ether oxygens (including phenoxy) is 2. The summed E-state index contributed by atoms with van der Waals surface area (Å²) in [5, 5.41) is 0. The molecule has 20 heavy (non-hydrogen) atoms. The van der Waals surface area contributed by atoms with Gasteiger partial charge in [-0.1, -0.05) is 24.3 Å². The highest BCUT2D eigenvalue weighted by molar-refractivity contribution is 14.1. The van der Waals surface area contributed by atoms with Crippen LogP contribution in [-0.4, -0.2) is 19.5 Å². The highest BCUT2D eigenvalue weighted by atomic mass is 127. The average Bonchev–Trinajstić information content (AvgIpc) is 2.46. The fourth-order valence-electron chi connectivity index (χ4n) is 1.76. The molecule has 2 aromatic rings. The summed E-state index contributed by atoms with van der Waals surface area (Å²) in [7, 11) is 1.65. The van der Waals surface area contributed by atoms with Gasteiger partial charge >= 0.3 is 0 Å². The third-order valence-corrected chi connectivity index (χ3v) is 3.46. The third kappa shape index (κ3) is 4.31. The summed E-state index contributed by atoms with van der Waals surface area (Å²) >= 11 is 2.21. The van der Waals surface area contributed by atoms with E-state index in [1.165, 1.54) is 0 Å². The third-order valence-electron chi connectivity index (χ3n) is 2.75. The van der Waals surface area contributed by atoms with Gasteiger partial charge in [0.05, 0.1) is 6.61 Å². The molecule has 0 aliphatic rings. The van der Waals surface area contributed by atoms with Gasteiger partial charge in [0, 0.05) is 16.2 Å². The molecular formula is C16H15IO3. The zero-order chi connectivity index (χ0) is 14.4. The van der Waals surface area contributed by atoms with Gasteiger partial charge in [0.25, 0.3) is 0 Å². The van der Waals surface area contributed by atoms with Gasteiger partial charge in [-0.2, -0.15) is 0 Å². The monoisotopic (exact) mass is 382 g/mol. The Balaban J connectivity index is 1.96. The summed E-state index contributed by atoms with van der Waals surface area (Å²) < 4.78 is 11.7. The van der Waals surface area contributed by atoms with Gasteiger partial charge in [0.1, 0.15) is 5.75 Å². The Kier molecular flexibility index (Phi) is 5.55. The molecule has 0 saturated heterocycles. The van der Waals surface area contributed by atoms with Crippen molar-refractivity contribution >= 4 is 28.4 Å². The highest BCUT2D eigenvalue weighted by Gasteiger charge is 2.07. The molecule has 0 aliphatic carbocycles. The van der Waals surface area contributed by atoms with Crippen LogP contribution in [0.25, 0.3) is 0 Å². The number of ketones is 1. The summed E-state index contributed by atoms with van der Waals surface area (Å²) in [6.07, 6.45) is 0. The molecule has 2 aromatic carbocycles. The lowest BCUT2D eigenvalue weighted by molar-refractivity contribution is 0.0921. The predicted molar refractivity (Wildman–Crippen MR) is 86.1 cm³/mol. The Labute approximate surface area is 132 Å². The Hall–Kier alpha value is -1.40. The van der Waals surface area contributed by atoms with E-state index < -0.39 is 0 Å². The number of Topliss-reactive ketones (excluding diaryl/α,β-unsaturated/α-hetero) is 1. The summed E-state index contributed by atoms with van der Waals surface area (Å²) in [6, 6.07) is 15.0. The van der Waals surface area contributed by atoms with E-state index in [0.29, 0.717) is 17.9 Å². The zero-order valence-electron chi connectivity index (χ0n) is 11.1. The normalized spacial score (nSPS) is 10.3. The number of rotatable bonds is 6. The minimum Gasteiger partial charge on any atom is -0.485 e. The second-order valence-corrected chi connectivity index (χ2v) is 5.54. The second-order valence-electron chi connectivity index (χ2n) is 4.30. The van der Waals surface area contributed by atoms with Gasteiger partial charge in [-0.05, 0) is 52.4 Å². The molecule has 0 radical (unpaired) electrons. The van der Waals surface area contributed by atoms with Crippen LogP contribution in [0.4, 0.5) is 0 Å². The quantitative estimate of drug-likeness (QED) is 0.565. The molecule has 0 fully saturated rings. The molecule has 0 aliphatic heterocycles. The van der Waals surface area contributed by atoms with Gasteiger partial charge in [-0.3, -0.25) is 4.79 Å². The maximum absolute atomic E-state index is 12.0. The van der Waals surface area contributed by atoms with E-state index in [1.807, 2.05) is 48.5 Å². The minimum atomic E-state index is -0.0291. The van der Waals surface area contributed by atoms with Gasteiger partial charge in [-0.15, -0.1) is 0 Å². The number of hydrogen-bond acceptors (Lipinski definition) is 3. The topological polar surface area (TPSA) is 35.5 Å². The fourth-order valence-corrected chi connectivity index (χ4v) is 2.12. The standard InChI is InChI=1S/C16H15IO3/c1-19-10-12-3-2-4-15(9-12)20-11-16(18)13-5-7-14(17)8-6-13/h2-9H,10-11H2,1H3. The molecule has 0 saturated carbocycles. The van der Waals surface area contributed by atoms with E-state index in [4.69, 9.17) is 9.47 Å². The van der Waals surface area contributed by atoms with Crippen LogP contribution in [0.1, 0.15) is 15.9 Å². The van der Waals surface area contributed by atoms with Crippen molar-refractivity contribution in [2.75, 3.05) is 13.7 Å². The van der Waals surface area contributed by atoms with Crippen molar-refractivity contribution in [2.24, 2.45) is 0 Å². The summed E-state index contributed by atoms with van der Waals surface area (Å²) in [4.78, 5) is 12.0. The Morgan fingerprint density at radius 3 is 2.60 bits per heavy atom. The molecule has 0 aromatic heterocycles. The van der Waals surface area contributed by atoms with Crippen molar-refractivity contribution in [1.29, 1.82) is 0 Å². The second kappa shape index (κ2) is 7.40. The lowest BCUT2D eigenvalue weighted by Gasteiger charge is -2.07. The maximum atomic E-state index is 12.0. The first kappa shape index (κ1) is 15.0. The van der Waals surface area contributed by atoms with Crippen LogP contribution in [0.2, 0.25) is 0 Å². The van der Waals surface area contributed by atoms with Crippen molar-refractivity contribution in [1.82, 2.24) is 0 Å². The van der Waals surface area contributed by atoms with Crippen LogP contribution in [0, 0.1) is 3.57 Å². The molecule has 0 atom stereocenters. The molecule has 0 heterocycles. The SMILES string of the molecule is COCc1cccc(OCC(=O)c2ccc(I)cc2)c1. The van der Waals surface area contributed by atoms with Gasteiger partial charge in [-0.25, -0.2) is 0 Å². The van der Waals surface area contributed by atoms with Crippen LogP contribution >= 0.6 is 22.6 Å². The van der Waals surface area contributed by atoms with E-state index in [1.54, 1.807) is 7.11 Å². The van der Waals surface area contributed by atoms with Gasteiger partial charge in [0.2, 0.25) is 0 Å². The molecule has 104 valence electrons. The summed E-state index contributed by atoms with van der Waals surface area (Å²) in [5.41, 5.74) is 1.69. The fraction of sp³-hybridized carbons (Fsp3) is 0.188. The van der Waals surface area contributed by atoms with Crippen molar-refractivity contribution in [3.63, 3.8) is 0 Å². The maximum Gasteiger partial charge on any atom is 0.200 e. The summed E-state index contributed by atoms with van der Waals surface area (Å²) in [5.74, 6) is 0.650. The van der Waals surface area contributed by atoms with Gasteiger partial charge in [0.15, 0.2) is 12.4 Å². The smallest absolute Gasteiger partial charge is 0.200 e. The predicted octanol–water partition coefficient (Wildman–Crippen LogP) is 3.70. The number of hydrogen-bond donors (Lipinski definition) is 0. The Bertz CT molecular complexity index is 579. The van der Waals surface area contributed by atoms with Crippen LogP contribution in [0.5, 0.6) is 5.75 Å². The molecule has 0 bridgehead atoms. The first-order valence-electron chi connectivity index (χ1n) is 6.18. The van der Waals surface area contributed by atoms with Gasteiger partial charge < -0.3 is 9.47 Å².